The molecule has 1 rings (SSSR count). The van der Waals surface area contributed by atoms with Crippen LogP contribution in [0.1, 0.15) is 27.2 Å². The number of allylic oxidation sites excluding steroid dienone is 1. The van der Waals surface area contributed by atoms with Crippen molar-refractivity contribution in [3.8, 4) is 0 Å². The molecular weight excluding hydrogens is 128 g/mol. The predicted octanol–water partition coefficient (Wildman–Crippen LogP) is 3.05. The Balaban J connectivity index is 2.61. The summed E-state index contributed by atoms with van der Waals surface area (Å²) in [5.41, 5.74) is 2.04. The van der Waals surface area contributed by atoms with Gasteiger partial charge in [-0.2, -0.15) is 0 Å². The lowest BCUT2D eigenvalue weighted by molar-refractivity contribution is 0.492. The zero-order valence-corrected chi connectivity index (χ0v) is 7.22. The molecule has 0 amide bonds. The summed E-state index contributed by atoms with van der Waals surface area (Å²) in [6.07, 6.45) is 1.30. The maximum atomic E-state index is 2.32. The predicted molar refractivity (Wildman–Crippen MR) is 44.6 cm³/mol. The molecule has 0 nitrogen and oxygen atoms in total. The lowest BCUT2D eigenvalue weighted by Crippen LogP contribution is -2.07. The van der Waals surface area contributed by atoms with E-state index in [1.807, 2.05) is 11.8 Å². The molecule has 1 aliphatic rings. The third-order valence-corrected chi connectivity index (χ3v) is 2.57. The summed E-state index contributed by atoms with van der Waals surface area (Å²) in [5.74, 6) is 1.30. The molecule has 52 valence electrons. The highest BCUT2D eigenvalue weighted by Crippen LogP contribution is 2.35. The van der Waals surface area contributed by atoms with E-state index in [1.54, 1.807) is 5.57 Å². The molecule has 0 fully saturated rings. The molecule has 0 bridgehead atoms. The minimum absolute atomic E-state index is 0.420. The highest BCUT2D eigenvalue weighted by atomic mass is 32.2. The van der Waals surface area contributed by atoms with Gasteiger partial charge in [-0.15, -0.1) is 11.8 Å². The molecule has 0 aromatic rings. The van der Waals surface area contributed by atoms with Crippen LogP contribution in [0.5, 0.6) is 0 Å². The first kappa shape index (κ1) is 7.20. The van der Waals surface area contributed by atoms with Crippen LogP contribution in [0.25, 0.3) is 0 Å². The molecule has 1 heteroatoms. The standard InChI is InChI=1S/C8H14S/c1-8(2,3)7-4-5-9-6-7/h6H,4-5H2,1-3H3. The van der Waals surface area contributed by atoms with Crippen LogP contribution in [0.2, 0.25) is 0 Å². The van der Waals surface area contributed by atoms with Crippen LogP contribution in [-0.2, 0) is 0 Å². The topological polar surface area (TPSA) is 0 Å². The van der Waals surface area contributed by atoms with Crippen LogP contribution in [0.4, 0.5) is 0 Å². The van der Waals surface area contributed by atoms with Gasteiger partial charge in [0.15, 0.2) is 0 Å². The van der Waals surface area contributed by atoms with Gasteiger partial charge in [-0.25, -0.2) is 0 Å². The van der Waals surface area contributed by atoms with Crippen LogP contribution in [0, 0.1) is 5.41 Å². The Labute approximate surface area is 61.7 Å². The molecule has 0 saturated carbocycles. The number of hydrogen-bond acceptors (Lipinski definition) is 1. The summed E-state index contributed by atoms with van der Waals surface area (Å²) >= 11 is 1.95. The van der Waals surface area contributed by atoms with E-state index in [0.717, 1.165) is 0 Å². The third-order valence-electron chi connectivity index (χ3n) is 1.68. The van der Waals surface area contributed by atoms with E-state index in [0.29, 0.717) is 5.41 Å². The van der Waals surface area contributed by atoms with E-state index in [9.17, 15) is 0 Å². The fourth-order valence-corrected chi connectivity index (χ4v) is 2.07. The maximum Gasteiger partial charge on any atom is 0.00118 e. The van der Waals surface area contributed by atoms with Gasteiger partial charge in [0.1, 0.15) is 0 Å². The van der Waals surface area contributed by atoms with Gasteiger partial charge in [0.25, 0.3) is 0 Å². The van der Waals surface area contributed by atoms with Gasteiger partial charge >= 0.3 is 0 Å². The minimum atomic E-state index is 0.420. The van der Waals surface area contributed by atoms with Gasteiger partial charge in [-0.3, -0.25) is 0 Å². The first-order valence-corrected chi connectivity index (χ1v) is 4.47. The number of rotatable bonds is 0. The molecule has 0 radical (unpaired) electrons. The lowest BCUT2D eigenvalue weighted by Gasteiger charge is -2.19. The molecular formula is C8H14S. The summed E-state index contributed by atoms with van der Waals surface area (Å²) in [7, 11) is 0. The molecule has 0 saturated heterocycles. The lowest BCUT2D eigenvalue weighted by atomic mass is 9.86. The van der Waals surface area contributed by atoms with Crippen molar-refractivity contribution in [1.29, 1.82) is 0 Å². The molecule has 0 unspecified atom stereocenters. The smallest absolute Gasteiger partial charge is 0.00118 e. The van der Waals surface area contributed by atoms with Gasteiger partial charge in [0.05, 0.1) is 0 Å². The van der Waals surface area contributed by atoms with Crippen molar-refractivity contribution in [3.63, 3.8) is 0 Å². The summed E-state index contributed by atoms with van der Waals surface area (Å²) in [6.45, 7) is 6.85. The normalized spacial score (nSPS) is 20.1. The van der Waals surface area contributed by atoms with E-state index in [4.69, 9.17) is 0 Å². The molecule has 0 spiro atoms. The molecule has 1 aliphatic heterocycles. The SMILES string of the molecule is CC(C)(C)C1=CSCC1. The highest BCUT2D eigenvalue weighted by molar-refractivity contribution is 8.02. The zero-order valence-electron chi connectivity index (χ0n) is 6.40. The van der Waals surface area contributed by atoms with E-state index >= 15 is 0 Å². The van der Waals surface area contributed by atoms with Crippen LogP contribution in [-0.4, -0.2) is 5.75 Å². The Hall–Kier alpha value is 0.0900. The van der Waals surface area contributed by atoms with Crippen LogP contribution in [0.3, 0.4) is 0 Å². The summed E-state index contributed by atoms with van der Waals surface area (Å²) < 4.78 is 0. The van der Waals surface area contributed by atoms with Crippen molar-refractivity contribution in [2.75, 3.05) is 5.75 Å². The summed E-state index contributed by atoms with van der Waals surface area (Å²) in [6, 6.07) is 0. The fourth-order valence-electron chi connectivity index (χ4n) is 0.939. The number of hydrogen-bond donors (Lipinski definition) is 0. The summed E-state index contributed by atoms with van der Waals surface area (Å²) in [5, 5.41) is 2.32. The van der Waals surface area contributed by atoms with Crippen molar-refractivity contribution in [2.45, 2.75) is 27.2 Å². The zero-order chi connectivity index (χ0) is 6.91. The first-order chi connectivity index (χ1) is 4.11. The monoisotopic (exact) mass is 142 g/mol. The Morgan fingerprint density at radius 2 is 2.11 bits per heavy atom. The molecule has 0 atom stereocenters. The van der Waals surface area contributed by atoms with E-state index < -0.39 is 0 Å². The third kappa shape index (κ3) is 1.75. The fraction of sp³-hybridized carbons (Fsp3) is 0.750. The van der Waals surface area contributed by atoms with Crippen molar-refractivity contribution in [3.05, 3.63) is 11.0 Å². The molecule has 0 aromatic heterocycles. The minimum Gasteiger partial charge on any atom is -0.134 e. The average molecular weight is 142 g/mol. The Kier molecular flexibility index (Phi) is 1.90. The Bertz CT molecular complexity index is 128. The molecule has 0 N–H and O–H groups in total. The van der Waals surface area contributed by atoms with E-state index in [1.165, 1.54) is 12.2 Å². The second kappa shape index (κ2) is 2.37. The van der Waals surface area contributed by atoms with E-state index in [2.05, 4.69) is 26.2 Å². The van der Waals surface area contributed by atoms with Crippen LogP contribution < -0.4 is 0 Å². The average Bonchev–Trinajstić information content (AvgIpc) is 2.08. The molecule has 9 heavy (non-hydrogen) atoms. The van der Waals surface area contributed by atoms with E-state index in [-0.39, 0.29) is 0 Å². The van der Waals surface area contributed by atoms with Crippen molar-refractivity contribution < 1.29 is 0 Å². The number of thioether (sulfide) groups is 1. The van der Waals surface area contributed by atoms with Crippen LogP contribution >= 0.6 is 11.8 Å². The second-order valence-corrected chi connectivity index (χ2v) is 4.49. The van der Waals surface area contributed by atoms with Gasteiger partial charge in [0, 0.05) is 5.75 Å². The molecule has 0 aliphatic carbocycles. The van der Waals surface area contributed by atoms with Crippen molar-refractivity contribution >= 4 is 11.8 Å². The van der Waals surface area contributed by atoms with Gasteiger partial charge in [-0.05, 0) is 17.2 Å². The van der Waals surface area contributed by atoms with Crippen molar-refractivity contribution in [1.82, 2.24) is 0 Å². The quantitative estimate of drug-likeness (QED) is 0.501. The Morgan fingerprint density at radius 1 is 1.44 bits per heavy atom. The molecule has 1 heterocycles. The molecule has 0 aromatic carbocycles. The largest absolute Gasteiger partial charge is 0.134 e. The highest BCUT2D eigenvalue weighted by Gasteiger charge is 2.18. The maximum absolute atomic E-state index is 2.32. The first-order valence-electron chi connectivity index (χ1n) is 3.42. The van der Waals surface area contributed by atoms with Gasteiger partial charge in [0.2, 0.25) is 0 Å². The summed E-state index contributed by atoms with van der Waals surface area (Å²) in [4.78, 5) is 0. The van der Waals surface area contributed by atoms with Crippen LogP contribution in [0.15, 0.2) is 11.0 Å². The van der Waals surface area contributed by atoms with Gasteiger partial charge < -0.3 is 0 Å². The Morgan fingerprint density at radius 3 is 2.33 bits per heavy atom. The second-order valence-electron chi connectivity index (χ2n) is 3.51. The van der Waals surface area contributed by atoms with Gasteiger partial charge in [-0.1, -0.05) is 26.3 Å². The van der Waals surface area contributed by atoms with Crippen molar-refractivity contribution in [2.24, 2.45) is 5.41 Å².